The molecule has 0 aromatic carbocycles. The van der Waals surface area contributed by atoms with Gasteiger partial charge in [-0.1, -0.05) is 16.8 Å². The van der Waals surface area contributed by atoms with E-state index in [0.29, 0.717) is 21.3 Å². The maximum Gasteiger partial charge on any atom is 0.372 e. The van der Waals surface area contributed by atoms with Gasteiger partial charge in [-0.3, -0.25) is 0 Å². The number of aromatic carboxylic acids is 2. The summed E-state index contributed by atoms with van der Waals surface area (Å²) in [5.74, 6) is -2.14. The van der Waals surface area contributed by atoms with Gasteiger partial charge in [-0.05, 0) is 12.1 Å². The fourth-order valence-corrected chi connectivity index (χ4v) is 4.33. The second-order valence-corrected chi connectivity index (χ2v) is 7.81. The summed E-state index contributed by atoms with van der Waals surface area (Å²) in [5, 5.41) is 24.1. The van der Waals surface area contributed by atoms with Crippen LogP contribution < -0.4 is 0 Å². The summed E-state index contributed by atoms with van der Waals surface area (Å²) in [6.07, 6.45) is 0. The summed E-state index contributed by atoms with van der Waals surface area (Å²) < 4.78 is 7.32. The zero-order valence-corrected chi connectivity index (χ0v) is 15.1. The number of thiophene rings is 2. The minimum absolute atomic E-state index is 0.00433. The van der Waals surface area contributed by atoms with E-state index in [1.54, 1.807) is 23.6 Å². The van der Waals surface area contributed by atoms with E-state index in [9.17, 15) is 19.8 Å². The molecule has 0 spiro atoms. The van der Waals surface area contributed by atoms with Crippen molar-refractivity contribution >= 4 is 57.2 Å². The second-order valence-electron chi connectivity index (χ2n) is 5.22. The minimum Gasteiger partial charge on any atom is -0.477 e. The number of carboxylic acids is 2. The van der Waals surface area contributed by atoms with Crippen LogP contribution >= 0.6 is 34.3 Å². The molecule has 0 radical (unpaired) electrons. The molecule has 2 N–H and O–H groups in total. The Labute approximate surface area is 157 Å². The van der Waals surface area contributed by atoms with Crippen LogP contribution in [0.1, 0.15) is 26.0 Å². The van der Waals surface area contributed by atoms with Crippen LogP contribution in [0.5, 0.6) is 0 Å². The summed E-state index contributed by atoms with van der Waals surface area (Å²) >= 11 is 8.24. The van der Waals surface area contributed by atoms with Gasteiger partial charge in [0.1, 0.15) is 16.1 Å². The maximum absolute atomic E-state index is 11.5. The smallest absolute Gasteiger partial charge is 0.372 e. The molecule has 0 aliphatic rings. The minimum atomic E-state index is -1.25. The van der Waals surface area contributed by atoms with Gasteiger partial charge in [0.05, 0.1) is 21.3 Å². The molecule has 0 fully saturated rings. The standard InChI is InChI=1S/C15H8ClN3O5S2/c16-10-2-1-9(26-10)8-3-6(18-24-8)4-19-7-5-25-12(14(20)21)11(7)17-13(19)15(22)23/h1-3,5H,4H2,(H,20,21)(H,22,23). The first-order valence-corrected chi connectivity index (χ1v) is 9.17. The van der Waals surface area contributed by atoms with Crippen molar-refractivity contribution in [1.29, 1.82) is 0 Å². The normalized spacial score (nSPS) is 11.3. The van der Waals surface area contributed by atoms with E-state index in [1.165, 1.54) is 15.9 Å². The van der Waals surface area contributed by atoms with Crippen molar-refractivity contribution in [1.82, 2.24) is 14.7 Å². The Kier molecular flexibility index (Phi) is 4.02. The average Bonchev–Trinajstić information content (AvgIpc) is 3.32. The summed E-state index contributed by atoms with van der Waals surface area (Å²) in [7, 11) is 0. The van der Waals surface area contributed by atoms with Crippen molar-refractivity contribution < 1.29 is 24.3 Å². The highest BCUT2D eigenvalue weighted by Crippen LogP contribution is 2.32. The van der Waals surface area contributed by atoms with Crippen LogP contribution in [0.3, 0.4) is 0 Å². The molecule has 0 aliphatic carbocycles. The van der Waals surface area contributed by atoms with Gasteiger partial charge in [-0.2, -0.15) is 0 Å². The van der Waals surface area contributed by atoms with Crippen LogP contribution in [0.15, 0.2) is 28.1 Å². The highest BCUT2D eigenvalue weighted by atomic mass is 35.5. The monoisotopic (exact) mass is 409 g/mol. The van der Waals surface area contributed by atoms with E-state index in [1.807, 2.05) is 0 Å². The highest BCUT2D eigenvalue weighted by Gasteiger charge is 2.24. The summed E-state index contributed by atoms with van der Waals surface area (Å²) in [4.78, 5) is 27.5. The first kappa shape index (κ1) is 16.8. The van der Waals surface area contributed by atoms with Crippen molar-refractivity contribution in [3.05, 3.63) is 44.3 Å². The Balaban J connectivity index is 1.75. The molecule has 0 unspecified atom stereocenters. The third-order valence-electron chi connectivity index (χ3n) is 3.59. The van der Waals surface area contributed by atoms with Crippen molar-refractivity contribution in [3.63, 3.8) is 0 Å². The van der Waals surface area contributed by atoms with Crippen LogP contribution in [0, 0.1) is 0 Å². The van der Waals surface area contributed by atoms with Gasteiger partial charge in [0.25, 0.3) is 0 Å². The molecular weight excluding hydrogens is 402 g/mol. The molecule has 4 aromatic heterocycles. The lowest BCUT2D eigenvalue weighted by atomic mass is 10.3. The summed E-state index contributed by atoms with van der Waals surface area (Å²) in [6.45, 7) is 0.0799. The molecule has 11 heteroatoms. The number of hydrogen-bond acceptors (Lipinski definition) is 7. The Morgan fingerprint density at radius 3 is 2.73 bits per heavy atom. The van der Waals surface area contributed by atoms with E-state index >= 15 is 0 Å². The van der Waals surface area contributed by atoms with Crippen molar-refractivity contribution in [2.24, 2.45) is 0 Å². The largest absolute Gasteiger partial charge is 0.477 e. The number of halogens is 1. The number of rotatable bonds is 5. The number of nitrogens with zero attached hydrogens (tertiary/aromatic N) is 3. The van der Waals surface area contributed by atoms with Gasteiger partial charge in [0, 0.05) is 11.4 Å². The average molecular weight is 410 g/mol. The molecule has 4 aromatic rings. The lowest BCUT2D eigenvalue weighted by Gasteiger charge is -2.02. The molecule has 4 heterocycles. The van der Waals surface area contributed by atoms with Crippen molar-refractivity contribution in [3.8, 4) is 10.6 Å². The zero-order valence-electron chi connectivity index (χ0n) is 12.7. The molecule has 0 atom stereocenters. The number of imidazole rings is 1. The van der Waals surface area contributed by atoms with Gasteiger partial charge in [-0.25, -0.2) is 14.6 Å². The number of hydrogen-bond donors (Lipinski definition) is 2. The fourth-order valence-electron chi connectivity index (χ4n) is 2.51. The van der Waals surface area contributed by atoms with Gasteiger partial charge >= 0.3 is 11.9 Å². The Morgan fingerprint density at radius 2 is 2.08 bits per heavy atom. The molecule has 0 saturated carbocycles. The summed E-state index contributed by atoms with van der Waals surface area (Å²) in [5.41, 5.74) is 1.05. The van der Waals surface area contributed by atoms with Crippen molar-refractivity contribution in [2.45, 2.75) is 6.54 Å². The molecule has 0 aliphatic heterocycles. The molecule has 0 bridgehead atoms. The van der Waals surface area contributed by atoms with Crippen LogP contribution in [-0.4, -0.2) is 36.9 Å². The number of fused-ring (bicyclic) bond motifs is 1. The lowest BCUT2D eigenvalue weighted by molar-refractivity contribution is 0.0673. The fraction of sp³-hybridized carbons (Fsp3) is 0.0667. The molecule has 132 valence electrons. The van der Waals surface area contributed by atoms with Gasteiger partial charge in [0.2, 0.25) is 5.82 Å². The number of aromatic nitrogens is 3. The van der Waals surface area contributed by atoms with Gasteiger partial charge < -0.3 is 19.3 Å². The van der Waals surface area contributed by atoms with E-state index in [-0.39, 0.29) is 22.8 Å². The van der Waals surface area contributed by atoms with Crippen LogP contribution in [0.4, 0.5) is 0 Å². The van der Waals surface area contributed by atoms with E-state index in [4.69, 9.17) is 16.1 Å². The lowest BCUT2D eigenvalue weighted by Crippen LogP contribution is -2.10. The molecule has 4 rings (SSSR count). The first-order valence-electron chi connectivity index (χ1n) is 7.09. The molecule has 0 amide bonds. The molecule has 0 saturated heterocycles. The zero-order chi connectivity index (χ0) is 18.4. The summed E-state index contributed by atoms with van der Waals surface area (Å²) in [6, 6.07) is 5.22. The molecule has 26 heavy (non-hydrogen) atoms. The third kappa shape index (κ3) is 2.77. The quantitative estimate of drug-likeness (QED) is 0.512. The highest BCUT2D eigenvalue weighted by molar-refractivity contribution is 7.19. The number of carbonyl (C=O) groups is 2. The topological polar surface area (TPSA) is 118 Å². The third-order valence-corrected chi connectivity index (χ3v) is 5.78. The second kappa shape index (κ2) is 6.24. The predicted octanol–water partition coefficient (Wildman–Crippen LogP) is 3.91. The van der Waals surface area contributed by atoms with Crippen molar-refractivity contribution in [2.75, 3.05) is 0 Å². The van der Waals surface area contributed by atoms with Gasteiger partial charge in [0.15, 0.2) is 5.76 Å². The van der Waals surface area contributed by atoms with Crippen LogP contribution in [0.2, 0.25) is 4.34 Å². The molecule has 8 nitrogen and oxygen atoms in total. The van der Waals surface area contributed by atoms with E-state index < -0.39 is 11.9 Å². The van der Waals surface area contributed by atoms with E-state index in [2.05, 4.69) is 10.1 Å². The Hall–Kier alpha value is -2.69. The van der Waals surface area contributed by atoms with E-state index in [0.717, 1.165) is 16.2 Å². The van der Waals surface area contributed by atoms with Gasteiger partial charge in [-0.15, -0.1) is 22.7 Å². The number of carboxylic acid groups (broad SMARTS) is 2. The Bertz CT molecular complexity index is 1160. The Morgan fingerprint density at radius 1 is 1.27 bits per heavy atom. The maximum atomic E-state index is 11.5. The van der Waals surface area contributed by atoms with Crippen LogP contribution in [0.25, 0.3) is 21.7 Å². The molecular formula is C15H8ClN3O5S2. The predicted molar refractivity (Wildman–Crippen MR) is 95.5 cm³/mol. The first-order chi connectivity index (χ1) is 12.4. The van der Waals surface area contributed by atoms with Crippen LogP contribution in [-0.2, 0) is 6.54 Å². The SMILES string of the molecule is O=C(O)c1scc2c1nc(C(=O)O)n2Cc1cc(-c2ccc(Cl)s2)on1.